The van der Waals surface area contributed by atoms with Gasteiger partial charge in [0.25, 0.3) is 5.91 Å². The summed E-state index contributed by atoms with van der Waals surface area (Å²) in [4.78, 5) is 39.2. The highest BCUT2D eigenvalue weighted by Gasteiger charge is 2.52. The molecule has 0 radical (unpaired) electrons. The Labute approximate surface area is 226 Å². The summed E-state index contributed by atoms with van der Waals surface area (Å²) in [6.07, 6.45) is 7.05. The fourth-order valence-electron chi connectivity index (χ4n) is 7.81. The van der Waals surface area contributed by atoms with Gasteiger partial charge in [-0.2, -0.15) is 0 Å². The predicted octanol–water partition coefficient (Wildman–Crippen LogP) is 4.82. The third kappa shape index (κ3) is 3.99. The number of rotatable bonds is 5. The van der Waals surface area contributed by atoms with Crippen molar-refractivity contribution in [3.63, 3.8) is 0 Å². The Balaban J connectivity index is 1.37. The average molecular weight is 536 g/mol. The second-order valence-corrected chi connectivity index (χ2v) is 12.5. The molecule has 1 aromatic heterocycles. The first-order valence-corrected chi connectivity index (χ1v) is 14.0. The summed E-state index contributed by atoms with van der Waals surface area (Å²) in [6, 6.07) is 6.90. The van der Waals surface area contributed by atoms with Crippen LogP contribution in [0.4, 0.5) is 10.7 Å². The number of allylic oxidation sites excluding steroid dienone is 1. The molecule has 200 valence electrons. The quantitative estimate of drug-likeness (QED) is 0.470. The third-order valence-electron chi connectivity index (χ3n) is 8.96. The molecule has 0 spiro atoms. The van der Waals surface area contributed by atoms with Crippen molar-refractivity contribution >= 4 is 39.9 Å². The van der Waals surface area contributed by atoms with E-state index in [0.717, 1.165) is 29.8 Å². The van der Waals surface area contributed by atoms with Gasteiger partial charge >= 0.3 is 11.9 Å². The predicted molar refractivity (Wildman–Crippen MR) is 145 cm³/mol. The van der Waals surface area contributed by atoms with Crippen molar-refractivity contribution in [3.05, 3.63) is 57.1 Å². The van der Waals surface area contributed by atoms with Crippen LogP contribution < -0.4 is 16.4 Å². The van der Waals surface area contributed by atoms with Crippen LogP contribution in [0.5, 0.6) is 0 Å². The zero-order valence-corrected chi connectivity index (χ0v) is 22.7. The van der Waals surface area contributed by atoms with E-state index in [1.165, 1.54) is 44.8 Å². The van der Waals surface area contributed by atoms with Crippen molar-refractivity contribution in [2.24, 2.45) is 17.8 Å². The number of carbonyl (C=O) groups is 3. The zero-order chi connectivity index (χ0) is 26.8. The standard InChI is InChI=1S/C29H33N3O5S/c1-14-20(28(35)37-3)21(18-4-6-19(7-5-18)27(34)36-2)22-23(30)24(38-26(22)31-14)25(33)32-29-11-15-8-16(12-29)10-17(9-15)13-29/h4-7,15-17,21,31H,8-13,30H2,1-3H3,(H,32,33). The molecule has 1 amide bonds. The number of methoxy groups -OCH3 is 2. The van der Waals surface area contributed by atoms with Gasteiger partial charge in [-0.05, 0) is 80.9 Å². The van der Waals surface area contributed by atoms with Gasteiger partial charge in [0, 0.05) is 22.7 Å². The maximum Gasteiger partial charge on any atom is 0.337 e. The van der Waals surface area contributed by atoms with E-state index in [2.05, 4.69) is 10.6 Å². The summed E-state index contributed by atoms with van der Waals surface area (Å²) < 4.78 is 9.96. The average Bonchev–Trinajstić information content (AvgIpc) is 3.21. The Morgan fingerprint density at radius 2 is 1.55 bits per heavy atom. The van der Waals surface area contributed by atoms with Crippen molar-refractivity contribution in [2.75, 3.05) is 25.3 Å². The van der Waals surface area contributed by atoms with Crippen LogP contribution in [-0.2, 0) is 14.3 Å². The Kier molecular flexibility index (Phi) is 6.01. The lowest BCUT2D eigenvalue weighted by molar-refractivity contribution is -0.136. The minimum atomic E-state index is -0.553. The highest BCUT2D eigenvalue weighted by Crippen LogP contribution is 2.56. The first kappa shape index (κ1) is 25.0. The number of esters is 2. The molecule has 4 saturated carbocycles. The Morgan fingerprint density at radius 3 is 2.11 bits per heavy atom. The van der Waals surface area contributed by atoms with Gasteiger partial charge in [0.1, 0.15) is 4.88 Å². The minimum absolute atomic E-state index is 0.134. The summed E-state index contributed by atoms with van der Waals surface area (Å²) in [5.41, 5.74) is 9.87. The lowest BCUT2D eigenvalue weighted by atomic mass is 9.53. The number of anilines is 2. The molecule has 38 heavy (non-hydrogen) atoms. The highest BCUT2D eigenvalue weighted by molar-refractivity contribution is 7.19. The van der Waals surface area contributed by atoms with E-state index in [1.807, 2.05) is 6.92 Å². The molecule has 8 nitrogen and oxygen atoms in total. The molecule has 5 aliphatic rings. The van der Waals surface area contributed by atoms with Crippen LogP contribution in [0.15, 0.2) is 35.5 Å². The SMILES string of the molecule is COC(=O)C1=C(C)Nc2sc(C(=O)NC34CC5CC(CC(C5)C3)C4)c(N)c2C1c1ccc(C(=O)OC)cc1. The highest BCUT2D eigenvalue weighted by atomic mass is 32.1. The Bertz CT molecular complexity index is 1320. The lowest BCUT2D eigenvalue weighted by Gasteiger charge is -2.56. The van der Waals surface area contributed by atoms with Gasteiger partial charge in [0.05, 0.1) is 36.0 Å². The summed E-state index contributed by atoms with van der Waals surface area (Å²) in [5, 5.41) is 7.48. The van der Waals surface area contributed by atoms with Gasteiger partial charge in [-0.3, -0.25) is 4.79 Å². The number of nitrogens with one attached hydrogen (secondary N) is 2. The van der Waals surface area contributed by atoms with Crippen LogP contribution in [0.25, 0.3) is 0 Å². The van der Waals surface area contributed by atoms with Crippen LogP contribution in [0.2, 0.25) is 0 Å². The van der Waals surface area contributed by atoms with E-state index in [4.69, 9.17) is 15.2 Å². The van der Waals surface area contributed by atoms with Crippen LogP contribution in [0.1, 0.15) is 82.5 Å². The second-order valence-electron chi connectivity index (χ2n) is 11.4. The summed E-state index contributed by atoms with van der Waals surface area (Å²) >= 11 is 1.33. The summed E-state index contributed by atoms with van der Waals surface area (Å²) in [7, 11) is 2.68. The van der Waals surface area contributed by atoms with Crippen molar-refractivity contribution in [2.45, 2.75) is 56.9 Å². The normalized spacial score (nSPS) is 28.9. The topological polar surface area (TPSA) is 120 Å². The molecule has 4 bridgehead atoms. The van der Waals surface area contributed by atoms with E-state index in [-0.39, 0.29) is 11.4 Å². The number of ether oxygens (including phenoxy) is 2. The first-order chi connectivity index (χ1) is 18.2. The number of hydrogen-bond donors (Lipinski definition) is 3. The maximum atomic E-state index is 13.8. The Morgan fingerprint density at radius 1 is 0.974 bits per heavy atom. The number of carbonyl (C=O) groups excluding carboxylic acids is 3. The molecular weight excluding hydrogens is 502 g/mol. The molecule has 4 aliphatic carbocycles. The number of fused-ring (bicyclic) bond motifs is 1. The molecule has 0 saturated heterocycles. The molecule has 7 rings (SSSR count). The largest absolute Gasteiger partial charge is 0.466 e. The van der Waals surface area contributed by atoms with Crippen molar-refractivity contribution in [1.82, 2.24) is 5.32 Å². The summed E-state index contributed by atoms with van der Waals surface area (Å²) in [6.45, 7) is 1.82. The number of thiophene rings is 1. The molecule has 1 unspecified atom stereocenters. The fraction of sp³-hybridized carbons (Fsp3) is 0.483. The number of benzene rings is 1. The number of amides is 1. The molecule has 2 heterocycles. The molecule has 4 fully saturated rings. The molecular formula is C29H33N3O5S. The van der Waals surface area contributed by atoms with Gasteiger partial charge in [-0.15, -0.1) is 11.3 Å². The van der Waals surface area contributed by atoms with Gasteiger partial charge in [-0.1, -0.05) is 12.1 Å². The zero-order valence-electron chi connectivity index (χ0n) is 21.9. The molecule has 2 aromatic rings. The first-order valence-electron chi connectivity index (χ1n) is 13.2. The lowest BCUT2D eigenvalue weighted by Crippen LogP contribution is -2.59. The van der Waals surface area contributed by atoms with Crippen LogP contribution in [-0.4, -0.2) is 37.6 Å². The number of nitrogens with two attached hydrogens (primary N) is 1. The maximum absolute atomic E-state index is 13.8. The van der Waals surface area contributed by atoms with Crippen molar-refractivity contribution < 1.29 is 23.9 Å². The van der Waals surface area contributed by atoms with Gasteiger partial charge < -0.3 is 25.8 Å². The monoisotopic (exact) mass is 535 g/mol. The van der Waals surface area contributed by atoms with Crippen LogP contribution in [0.3, 0.4) is 0 Å². The van der Waals surface area contributed by atoms with E-state index >= 15 is 0 Å². The second kappa shape index (κ2) is 9.15. The van der Waals surface area contributed by atoms with E-state index < -0.39 is 17.9 Å². The van der Waals surface area contributed by atoms with Crippen molar-refractivity contribution in [3.8, 4) is 0 Å². The third-order valence-corrected chi connectivity index (χ3v) is 10.1. The van der Waals surface area contributed by atoms with Gasteiger partial charge in [0.2, 0.25) is 0 Å². The molecule has 9 heteroatoms. The van der Waals surface area contributed by atoms with E-state index in [1.54, 1.807) is 24.3 Å². The van der Waals surface area contributed by atoms with E-state index in [9.17, 15) is 14.4 Å². The van der Waals surface area contributed by atoms with Gasteiger partial charge in [-0.25, -0.2) is 9.59 Å². The van der Waals surface area contributed by atoms with E-state index in [0.29, 0.717) is 50.7 Å². The Hall–Kier alpha value is -3.33. The molecule has 1 aromatic carbocycles. The number of hydrogen-bond acceptors (Lipinski definition) is 8. The molecule has 1 aliphatic heterocycles. The smallest absolute Gasteiger partial charge is 0.337 e. The van der Waals surface area contributed by atoms with Crippen LogP contribution in [0, 0.1) is 17.8 Å². The van der Waals surface area contributed by atoms with Gasteiger partial charge in [0.15, 0.2) is 0 Å². The minimum Gasteiger partial charge on any atom is -0.466 e. The fourth-order valence-corrected chi connectivity index (χ4v) is 8.92. The number of nitrogen functional groups attached to an aromatic ring is 1. The molecule has 4 N–H and O–H groups in total. The molecule has 1 atom stereocenters. The van der Waals surface area contributed by atoms with Crippen molar-refractivity contribution in [1.29, 1.82) is 0 Å². The summed E-state index contributed by atoms with van der Waals surface area (Å²) in [5.74, 6) is 0.524. The van der Waals surface area contributed by atoms with Crippen LogP contribution >= 0.6 is 11.3 Å².